The highest BCUT2D eigenvalue weighted by Crippen LogP contribution is 2.59. The van der Waals surface area contributed by atoms with Gasteiger partial charge >= 0.3 is 6.18 Å². The summed E-state index contributed by atoms with van der Waals surface area (Å²) >= 11 is 0.319. The highest BCUT2D eigenvalue weighted by atomic mass is 32.2. The maximum atomic E-state index is 14.3. The molecule has 2 aromatic carbocycles. The second-order valence-corrected chi connectivity index (χ2v) is 9.25. The average molecular weight is 492 g/mol. The Morgan fingerprint density at radius 1 is 1.15 bits per heavy atom. The van der Waals surface area contributed by atoms with E-state index in [0.717, 1.165) is 44.4 Å². The number of ether oxygens (including phenoxy) is 1. The number of rotatable bonds is 5. The van der Waals surface area contributed by atoms with Gasteiger partial charge in [-0.3, -0.25) is 9.59 Å². The second-order valence-electron chi connectivity index (χ2n) is 7.61. The van der Waals surface area contributed by atoms with Crippen LogP contribution in [0.4, 0.5) is 32.0 Å². The van der Waals surface area contributed by atoms with Gasteiger partial charge in [0.2, 0.25) is 11.7 Å². The van der Waals surface area contributed by atoms with E-state index in [1.807, 2.05) is 0 Å². The monoisotopic (exact) mass is 492 g/mol. The van der Waals surface area contributed by atoms with Crippen molar-refractivity contribution in [3.05, 3.63) is 58.9 Å². The number of hydrogen-bond donors (Lipinski definition) is 2. The Labute approximate surface area is 188 Å². The molecule has 3 rings (SSSR count). The number of anilines is 1. The molecule has 3 N–H and O–H groups in total. The summed E-state index contributed by atoms with van der Waals surface area (Å²) in [5.74, 6) is -7.40. The van der Waals surface area contributed by atoms with Crippen LogP contribution >= 0.6 is 11.8 Å². The minimum Gasteiger partial charge on any atom is -0.493 e. The largest absolute Gasteiger partial charge is 0.493 e. The molecule has 5 nitrogen and oxygen atoms in total. The number of nitrogens with one attached hydrogen (secondary N) is 1. The van der Waals surface area contributed by atoms with Crippen molar-refractivity contribution < 1.29 is 40.7 Å². The summed E-state index contributed by atoms with van der Waals surface area (Å²) in [6.45, 7) is 0.910. The van der Waals surface area contributed by atoms with Gasteiger partial charge in [0.1, 0.15) is 10.6 Å². The molecule has 178 valence electrons. The van der Waals surface area contributed by atoms with E-state index >= 15 is 0 Å². The van der Waals surface area contributed by atoms with E-state index in [1.54, 1.807) is 0 Å². The molecule has 0 unspecified atom stereocenters. The minimum atomic E-state index is -4.72. The lowest BCUT2D eigenvalue weighted by atomic mass is 9.85. The predicted octanol–water partition coefficient (Wildman–Crippen LogP) is 4.76. The van der Waals surface area contributed by atoms with Crippen molar-refractivity contribution in [1.29, 1.82) is 0 Å². The number of alkyl halides is 3. The van der Waals surface area contributed by atoms with Crippen LogP contribution in [0.2, 0.25) is 0 Å². The number of primary amides is 1. The van der Waals surface area contributed by atoms with Crippen LogP contribution in [0.25, 0.3) is 0 Å². The lowest BCUT2D eigenvalue weighted by Gasteiger charge is -2.26. The fourth-order valence-corrected chi connectivity index (χ4v) is 5.22. The first kappa shape index (κ1) is 24.7. The van der Waals surface area contributed by atoms with Gasteiger partial charge in [-0.1, -0.05) is 6.07 Å². The second kappa shape index (κ2) is 8.81. The summed E-state index contributed by atoms with van der Waals surface area (Å²) in [7, 11) is 1.03. The first-order valence-corrected chi connectivity index (χ1v) is 10.3. The quantitative estimate of drug-likeness (QED) is 0.590. The number of benzene rings is 2. The zero-order valence-electron chi connectivity index (χ0n) is 17.2. The Morgan fingerprint density at radius 2 is 1.79 bits per heavy atom. The number of nitrogens with two attached hydrogens (primary N) is 1. The molecule has 2 aromatic rings. The first-order chi connectivity index (χ1) is 15.3. The van der Waals surface area contributed by atoms with Gasteiger partial charge in [-0.15, -0.1) is 11.8 Å². The average Bonchev–Trinajstić information content (AvgIpc) is 3.10. The molecule has 33 heavy (non-hydrogen) atoms. The van der Waals surface area contributed by atoms with Crippen LogP contribution in [-0.4, -0.2) is 35.1 Å². The summed E-state index contributed by atoms with van der Waals surface area (Å²) in [5, 5.41) is 0.943. The van der Waals surface area contributed by atoms with Crippen LogP contribution in [0.3, 0.4) is 0 Å². The van der Waals surface area contributed by atoms with Crippen molar-refractivity contribution >= 4 is 29.3 Å². The normalized spacial score (nSPS) is 22.8. The molecule has 0 saturated carbocycles. The highest BCUT2D eigenvalue weighted by Gasteiger charge is 2.60. The van der Waals surface area contributed by atoms with Gasteiger partial charge in [-0.2, -0.15) is 17.6 Å². The number of carbonyl (C=O) groups excluding carboxylic acids is 2. The molecule has 0 radical (unpaired) electrons. The Kier molecular flexibility index (Phi) is 6.60. The summed E-state index contributed by atoms with van der Waals surface area (Å²) in [6.07, 6.45) is -5.33. The van der Waals surface area contributed by atoms with Crippen LogP contribution in [-0.2, 0) is 4.79 Å². The Bertz CT molecular complexity index is 1110. The Morgan fingerprint density at radius 3 is 2.36 bits per heavy atom. The maximum absolute atomic E-state index is 14.3. The lowest BCUT2D eigenvalue weighted by Crippen LogP contribution is -2.37. The number of methoxy groups -OCH3 is 1. The summed E-state index contributed by atoms with van der Waals surface area (Å²) in [6, 6.07) is 4.75. The van der Waals surface area contributed by atoms with Crippen molar-refractivity contribution in [2.24, 2.45) is 5.73 Å². The van der Waals surface area contributed by atoms with Gasteiger partial charge in [0.05, 0.1) is 17.9 Å². The molecule has 12 heteroatoms. The lowest BCUT2D eigenvalue weighted by molar-refractivity contribution is -0.155. The maximum Gasteiger partial charge on any atom is 0.403 e. The molecule has 3 atom stereocenters. The first-order valence-electron chi connectivity index (χ1n) is 9.45. The van der Waals surface area contributed by atoms with Crippen molar-refractivity contribution in [2.45, 2.75) is 35.4 Å². The third-order valence-corrected chi connectivity index (χ3v) is 7.12. The van der Waals surface area contributed by atoms with E-state index in [0.29, 0.717) is 11.8 Å². The van der Waals surface area contributed by atoms with Gasteiger partial charge in [0.15, 0.2) is 11.6 Å². The number of amides is 2. The number of thioether (sulfide) groups is 1. The highest BCUT2D eigenvalue weighted by molar-refractivity contribution is 8.02. The molecule has 2 amide bonds. The van der Waals surface area contributed by atoms with Crippen molar-refractivity contribution in [2.75, 3.05) is 12.4 Å². The molecule has 1 heterocycles. The topological polar surface area (TPSA) is 81.4 Å². The molecule has 1 saturated heterocycles. The molecular weight excluding hydrogens is 474 g/mol. The van der Waals surface area contributed by atoms with Crippen molar-refractivity contribution in [1.82, 2.24) is 0 Å². The molecule has 0 bridgehead atoms. The molecule has 1 aliphatic heterocycles. The zero-order chi connectivity index (χ0) is 24.7. The summed E-state index contributed by atoms with van der Waals surface area (Å²) in [5.41, 5.74) is 4.37. The molecule has 1 fully saturated rings. The summed E-state index contributed by atoms with van der Waals surface area (Å²) < 4.78 is 85.6. The fraction of sp³-hybridized carbons (Fsp3) is 0.333. The third kappa shape index (κ3) is 4.61. The van der Waals surface area contributed by atoms with Crippen LogP contribution < -0.4 is 15.8 Å². The van der Waals surface area contributed by atoms with Gasteiger partial charge in [-0.05, 0) is 37.6 Å². The predicted molar refractivity (Wildman–Crippen MR) is 110 cm³/mol. The van der Waals surface area contributed by atoms with Gasteiger partial charge in [-0.25, -0.2) is 8.78 Å². The van der Waals surface area contributed by atoms with Gasteiger partial charge in [0.25, 0.3) is 5.91 Å². The molecule has 0 aliphatic carbocycles. The van der Waals surface area contributed by atoms with E-state index in [4.69, 9.17) is 10.5 Å². The van der Waals surface area contributed by atoms with Crippen molar-refractivity contribution in [3.63, 3.8) is 0 Å². The van der Waals surface area contributed by atoms with E-state index in [9.17, 15) is 35.9 Å². The van der Waals surface area contributed by atoms with E-state index < -0.39 is 69.1 Å². The molecule has 1 aliphatic rings. The zero-order valence-corrected chi connectivity index (χ0v) is 18.0. The SMILES string of the molecule is COc1c([C@H]2C[C@@](C)(C(F)(F)F)S[C@@H]2C(=O)Nc2ccc(F)c(C(N)=O)c2)ccc(F)c1F. The number of carbonyl (C=O) groups is 2. The van der Waals surface area contributed by atoms with Crippen LogP contribution in [0.1, 0.15) is 35.2 Å². The standard InChI is InChI=1S/C21H18F6N2O3S/c1-20(21(25,26)27)8-12(10-4-6-14(23)15(24)16(10)32-2)17(33-20)19(31)29-9-3-5-13(22)11(7-9)18(28)30/h3-7,12,17H,8H2,1-2H3,(H2,28,30)(H,29,31)/t12-,17+,20+/m1/s1. The van der Waals surface area contributed by atoms with E-state index in [1.165, 1.54) is 0 Å². The Balaban J connectivity index is 2.02. The molecule has 0 aromatic heterocycles. The van der Waals surface area contributed by atoms with Crippen LogP contribution in [0.15, 0.2) is 30.3 Å². The third-order valence-electron chi connectivity index (χ3n) is 5.40. The van der Waals surface area contributed by atoms with Crippen LogP contribution in [0.5, 0.6) is 5.75 Å². The van der Waals surface area contributed by atoms with Crippen LogP contribution in [0, 0.1) is 17.5 Å². The van der Waals surface area contributed by atoms with Gasteiger partial charge < -0.3 is 15.8 Å². The van der Waals surface area contributed by atoms with Crippen molar-refractivity contribution in [3.8, 4) is 5.75 Å². The fourth-order valence-electron chi connectivity index (χ4n) is 3.68. The smallest absolute Gasteiger partial charge is 0.403 e. The van der Waals surface area contributed by atoms with E-state index in [2.05, 4.69) is 5.32 Å². The summed E-state index contributed by atoms with van der Waals surface area (Å²) in [4.78, 5) is 24.4. The minimum absolute atomic E-state index is 0.0765. The van der Waals surface area contributed by atoms with Gasteiger partial charge in [0, 0.05) is 17.2 Å². The van der Waals surface area contributed by atoms with E-state index in [-0.39, 0.29) is 11.3 Å². The molecule has 0 spiro atoms. The number of hydrogen-bond acceptors (Lipinski definition) is 4. The Hall–Kier alpha value is -2.89. The number of halogens is 6. The molecular formula is C21H18F6N2O3S.